The van der Waals surface area contributed by atoms with Crippen LogP contribution in [-0.2, 0) is 22.9 Å². The second-order valence-corrected chi connectivity index (χ2v) is 25.8. The number of hydrogen-bond acceptors (Lipinski definition) is 4. The van der Waals surface area contributed by atoms with E-state index in [0.29, 0.717) is 25.3 Å². The molecule has 0 spiro atoms. The number of rotatable bonds is 12. The lowest BCUT2D eigenvalue weighted by Crippen LogP contribution is -2.22. The van der Waals surface area contributed by atoms with Crippen molar-refractivity contribution in [3.8, 4) is 0 Å². The Morgan fingerprint density at radius 2 is 1.07 bits per heavy atom. The number of aromatic nitrogens is 4. The Labute approximate surface area is 254 Å². The first-order chi connectivity index (χ1) is 19.9. The molecule has 2 aromatic heterocycles. The molecule has 8 heteroatoms. The van der Waals surface area contributed by atoms with Crippen LogP contribution in [0.4, 0.5) is 0 Å². The van der Waals surface area contributed by atoms with Gasteiger partial charge in [-0.25, -0.2) is 9.97 Å². The topological polar surface area (TPSA) is 54.1 Å². The molecule has 42 heavy (non-hydrogen) atoms. The van der Waals surface area contributed by atoms with Crippen molar-refractivity contribution in [3.63, 3.8) is 0 Å². The molecule has 0 amide bonds. The van der Waals surface area contributed by atoms with Crippen molar-refractivity contribution in [2.24, 2.45) is 0 Å². The van der Waals surface area contributed by atoms with Crippen LogP contribution < -0.4 is 0 Å². The molecule has 0 N–H and O–H groups in total. The van der Waals surface area contributed by atoms with Gasteiger partial charge in [0.15, 0.2) is 0 Å². The Hall–Kier alpha value is -2.53. The van der Waals surface area contributed by atoms with Crippen molar-refractivity contribution in [3.05, 3.63) is 71.3 Å². The molecular formula is C34H50N4O2Si2. The van der Waals surface area contributed by atoms with Crippen LogP contribution in [-0.4, -0.2) is 48.5 Å². The van der Waals surface area contributed by atoms with Gasteiger partial charge in [-0.3, -0.25) is 0 Å². The van der Waals surface area contributed by atoms with Crippen molar-refractivity contribution in [2.75, 3.05) is 13.2 Å². The third-order valence-corrected chi connectivity index (χ3v) is 12.0. The molecule has 2 unspecified atom stereocenters. The van der Waals surface area contributed by atoms with Crippen LogP contribution in [0.15, 0.2) is 48.6 Å². The highest BCUT2D eigenvalue weighted by atomic mass is 28.3. The highest BCUT2D eigenvalue weighted by Crippen LogP contribution is 2.37. The highest BCUT2D eigenvalue weighted by molar-refractivity contribution is 6.76. The minimum absolute atomic E-state index is 0.419. The monoisotopic (exact) mass is 602 g/mol. The first kappa shape index (κ1) is 30.9. The van der Waals surface area contributed by atoms with Crippen LogP contribution >= 0.6 is 0 Å². The molecule has 0 aliphatic heterocycles. The van der Waals surface area contributed by atoms with Gasteiger partial charge >= 0.3 is 0 Å². The average molecular weight is 603 g/mol. The number of imidazole rings is 2. The van der Waals surface area contributed by atoms with E-state index in [2.05, 4.69) is 111 Å². The lowest BCUT2D eigenvalue weighted by atomic mass is 9.81. The first-order valence-corrected chi connectivity index (χ1v) is 23.1. The molecule has 0 saturated heterocycles. The number of allylic oxidation sites excluding steroid dienone is 2. The molecule has 0 saturated carbocycles. The molecule has 6 nitrogen and oxygen atoms in total. The fourth-order valence-corrected chi connectivity index (χ4v) is 7.28. The average Bonchev–Trinajstić information content (AvgIpc) is 3.41. The van der Waals surface area contributed by atoms with E-state index in [9.17, 15) is 0 Å². The van der Waals surface area contributed by atoms with E-state index in [1.54, 1.807) is 0 Å². The number of benzene rings is 2. The third-order valence-electron chi connectivity index (χ3n) is 8.58. The lowest BCUT2D eigenvalue weighted by Gasteiger charge is -2.23. The van der Waals surface area contributed by atoms with Crippen LogP contribution in [0, 0.1) is 13.8 Å². The summed E-state index contributed by atoms with van der Waals surface area (Å²) < 4.78 is 16.5. The number of ether oxygens (including phenoxy) is 2. The Kier molecular flexibility index (Phi) is 9.28. The summed E-state index contributed by atoms with van der Waals surface area (Å²) in [6.45, 7) is 21.3. The van der Waals surface area contributed by atoms with Gasteiger partial charge in [0.25, 0.3) is 0 Å². The van der Waals surface area contributed by atoms with Gasteiger partial charge < -0.3 is 18.6 Å². The molecule has 2 atom stereocenters. The van der Waals surface area contributed by atoms with Crippen molar-refractivity contribution in [2.45, 2.75) is 103 Å². The predicted octanol–water partition coefficient (Wildman–Crippen LogP) is 8.84. The summed E-state index contributed by atoms with van der Waals surface area (Å²) in [5, 5.41) is 0. The minimum atomic E-state index is -1.09. The molecule has 0 fully saturated rings. The van der Waals surface area contributed by atoms with Gasteiger partial charge in [-0.05, 0) is 74.2 Å². The largest absolute Gasteiger partial charge is 0.361 e. The van der Waals surface area contributed by atoms with Crippen molar-refractivity contribution in [1.29, 1.82) is 0 Å². The number of aryl methyl sites for hydroxylation is 2. The zero-order valence-corrected chi connectivity index (χ0v) is 29.0. The molecule has 0 bridgehead atoms. The fraction of sp³-hybridized carbons (Fsp3) is 0.529. The Morgan fingerprint density at radius 3 is 1.43 bits per heavy atom. The maximum Gasteiger partial charge on any atom is 0.124 e. The number of fused-ring (bicyclic) bond motifs is 2. The van der Waals surface area contributed by atoms with E-state index >= 15 is 0 Å². The number of hydrogen-bond donors (Lipinski definition) is 0. The Morgan fingerprint density at radius 1 is 0.667 bits per heavy atom. The zero-order valence-electron chi connectivity index (χ0n) is 27.0. The standard InChI is InChI=1S/C34H50N4O2Si2/c1-25-35-31-21-29(13-15-33(31)37(25)23-39-17-19-41(3,4)5)27-9-11-28(12-10-27)30-14-16-34-32(22-30)36-26(2)38(34)24-40-18-20-42(6,7)8/h9,11,13-16,21-22,27-28H,10,12,17-20,23-24H2,1-8H3. The summed E-state index contributed by atoms with van der Waals surface area (Å²) >= 11 is 0. The molecule has 0 radical (unpaired) electrons. The van der Waals surface area contributed by atoms with E-state index in [-0.39, 0.29) is 0 Å². The van der Waals surface area contributed by atoms with E-state index in [1.165, 1.54) is 23.2 Å². The molecule has 2 heterocycles. The quantitative estimate of drug-likeness (QED) is 0.0923. The molecule has 2 aromatic carbocycles. The van der Waals surface area contributed by atoms with E-state index in [4.69, 9.17) is 19.4 Å². The summed E-state index contributed by atoms with van der Waals surface area (Å²) in [7, 11) is -2.18. The summed E-state index contributed by atoms with van der Waals surface area (Å²) in [5.41, 5.74) is 7.14. The van der Waals surface area contributed by atoms with Crippen LogP contribution in [0.5, 0.6) is 0 Å². The van der Waals surface area contributed by atoms with Crippen LogP contribution in [0.3, 0.4) is 0 Å². The minimum Gasteiger partial charge on any atom is -0.361 e. The highest BCUT2D eigenvalue weighted by Gasteiger charge is 2.21. The first-order valence-electron chi connectivity index (χ1n) is 15.7. The molecule has 5 rings (SSSR count). The van der Waals surface area contributed by atoms with Gasteiger partial charge in [0, 0.05) is 41.2 Å². The fourth-order valence-electron chi connectivity index (χ4n) is 5.77. The Bertz CT molecular complexity index is 1440. The second-order valence-electron chi connectivity index (χ2n) is 14.5. The predicted molar refractivity (Wildman–Crippen MR) is 181 cm³/mol. The van der Waals surface area contributed by atoms with Gasteiger partial charge in [-0.15, -0.1) is 0 Å². The van der Waals surface area contributed by atoms with Crippen LogP contribution in [0.25, 0.3) is 22.1 Å². The van der Waals surface area contributed by atoms with E-state index in [0.717, 1.165) is 59.8 Å². The zero-order chi connectivity index (χ0) is 30.1. The van der Waals surface area contributed by atoms with Crippen LogP contribution in [0.2, 0.25) is 51.4 Å². The summed E-state index contributed by atoms with van der Waals surface area (Å²) in [6, 6.07) is 16.0. The third kappa shape index (κ3) is 7.51. The maximum atomic E-state index is 6.05. The SMILES string of the molecule is Cc1nc2cc(C3C=CC(c4ccc5c(c4)nc(C)n5COCC[Si](C)(C)C)CC3)ccc2n1COCC[Si](C)(C)C. The summed E-state index contributed by atoms with van der Waals surface area (Å²) in [6.07, 6.45) is 7.06. The molecule has 1 aliphatic carbocycles. The molecule has 226 valence electrons. The van der Waals surface area contributed by atoms with E-state index in [1.807, 2.05) is 0 Å². The van der Waals surface area contributed by atoms with Crippen molar-refractivity contribution in [1.82, 2.24) is 19.1 Å². The van der Waals surface area contributed by atoms with Gasteiger partial charge in [0.2, 0.25) is 0 Å². The summed E-state index contributed by atoms with van der Waals surface area (Å²) in [5.74, 6) is 2.87. The van der Waals surface area contributed by atoms with Crippen molar-refractivity contribution >= 4 is 38.2 Å². The molecule has 4 aromatic rings. The molecular weight excluding hydrogens is 553 g/mol. The maximum absolute atomic E-state index is 6.05. The molecule has 1 aliphatic rings. The second kappa shape index (κ2) is 12.6. The summed E-state index contributed by atoms with van der Waals surface area (Å²) in [4.78, 5) is 9.76. The van der Waals surface area contributed by atoms with Gasteiger partial charge in [-0.1, -0.05) is 63.6 Å². The van der Waals surface area contributed by atoms with Gasteiger partial charge in [0.1, 0.15) is 25.1 Å². The Balaban J connectivity index is 1.23. The van der Waals surface area contributed by atoms with Crippen molar-refractivity contribution < 1.29 is 9.47 Å². The van der Waals surface area contributed by atoms with E-state index < -0.39 is 16.1 Å². The number of nitrogens with zero attached hydrogens (tertiary/aromatic N) is 4. The normalized spacial score (nSPS) is 18.0. The van der Waals surface area contributed by atoms with Crippen LogP contribution in [0.1, 0.15) is 47.5 Å². The lowest BCUT2D eigenvalue weighted by molar-refractivity contribution is 0.0884. The van der Waals surface area contributed by atoms with Gasteiger partial charge in [-0.2, -0.15) is 0 Å². The van der Waals surface area contributed by atoms with Gasteiger partial charge in [0.05, 0.1) is 22.1 Å². The smallest absolute Gasteiger partial charge is 0.124 e.